The molecule has 1 heterocycles. The van der Waals surface area contributed by atoms with Gasteiger partial charge in [0.25, 0.3) is 0 Å². The molecule has 0 aliphatic rings. The lowest BCUT2D eigenvalue weighted by Gasteiger charge is -2.16. The van der Waals surface area contributed by atoms with Crippen LogP contribution in [-0.4, -0.2) is 22.6 Å². The first-order valence-corrected chi connectivity index (χ1v) is 9.82. The third kappa shape index (κ3) is 3.98. The van der Waals surface area contributed by atoms with Gasteiger partial charge in [0, 0.05) is 23.2 Å². The van der Waals surface area contributed by atoms with Crippen molar-refractivity contribution in [1.82, 2.24) is 10.2 Å². The summed E-state index contributed by atoms with van der Waals surface area (Å²) < 4.78 is 0. The van der Waals surface area contributed by atoms with E-state index in [1.54, 1.807) is 18.2 Å². The van der Waals surface area contributed by atoms with Crippen molar-refractivity contribution < 1.29 is 4.79 Å². The molecule has 0 bridgehead atoms. The molecule has 1 amide bonds. The summed E-state index contributed by atoms with van der Waals surface area (Å²) in [6.45, 7) is 0.146. The van der Waals surface area contributed by atoms with Gasteiger partial charge in [-0.1, -0.05) is 59.6 Å². The first-order valence-electron chi connectivity index (χ1n) is 9.06. The van der Waals surface area contributed by atoms with Crippen LogP contribution in [0.4, 0.5) is 5.69 Å². The van der Waals surface area contributed by atoms with E-state index in [1.165, 1.54) is 0 Å². The zero-order valence-electron chi connectivity index (χ0n) is 15.3. The zero-order chi connectivity index (χ0) is 20.4. The fraction of sp³-hybridized carbons (Fsp3) is 0.0909. The summed E-state index contributed by atoms with van der Waals surface area (Å²) >= 11 is 12.1. The van der Waals surface area contributed by atoms with Gasteiger partial charge in [-0.25, -0.2) is 0 Å². The third-order valence-corrected chi connectivity index (χ3v) is 5.51. The van der Waals surface area contributed by atoms with E-state index in [0.717, 1.165) is 22.2 Å². The number of carbonyl (C=O) groups is 1. The number of aromatic amines is 1. The molecule has 0 saturated heterocycles. The van der Waals surface area contributed by atoms with Crippen LogP contribution < -0.4 is 11.1 Å². The molecule has 1 unspecified atom stereocenters. The van der Waals surface area contributed by atoms with Gasteiger partial charge >= 0.3 is 0 Å². The molecule has 29 heavy (non-hydrogen) atoms. The van der Waals surface area contributed by atoms with Gasteiger partial charge < -0.3 is 11.1 Å². The van der Waals surface area contributed by atoms with Gasteiger partial charge in [0.15, 0.2) is 0 Å². The molecule has 4 rings (SSSR count). The van der Waals surface area contributed by atoms with Crippen LogP contribution in [0.1, 0.15) is 11.5 Å². The Morgan fingerprint density at radius 3 is 2.55 bits per heavy atom. The minimum Gasteiger partial charge on any atom is -0.329 e. The Morgan fingerprint density at radius 1 is 1.03 bits per heavy atom. The van der Waals surface area contributed by atoms with Gasteiger partial charge in [0.05, 0.1) is 27.2 Å². The van der Waals surface area contributed by atoms with Crippen LogP contribution in [0.15, 0.2) is 66.7 Å². The summed E-state index contributed by atoms with van der Waals surface area (Å²) in [7, 11) is 0. The van der Waals surface area contributed by atoms with Crippen molar-refractivity contribution in [3.63, 3.8) is 0 Å². The summed E-state index contributed by atoms with van der Waals surface area (Å²) in [5, 5.41) is 12.1. The topological polar surface area (TPSA) is 83.8 Å². The predicted molar refractivity (Wildman–Crippen MR) is 118 cm³/mol. The molecule has 146 valence electrons. The molecule has 5 nitrogen and oxygen atoms in total. The number of nitrogens with two attached hydrogens (primary N) is 1. The highest BCUT2D eigenvalue weighted by atomic mass is 35.5. The standard InChI is InChI=1S/C22H18Cl2N4O/c23-18-8-6-14(10-19(18)24)17(12-25)22(29)26-15-7-9-20-16(11-15)21(28-27-20)13-4-2-1-3-5-13/h1-11,17H,12,25H2,(H,26,29)(H,27,28). The highest BCUT2D eigenvalue weighted by molar-refractivity contribution is 6.42. The van der Waals surface area contributed by atoms with Crippen molar-refractivity contribution in [3.05, 3.63) is 82.3 Å². The van der Waals surface area contributed by atoms with E-state index in [0.29, 0.717) is 21.3 Å². The number of amides is 1. The number of rotatable bonds is 5. The number of carbonyl (C=O) groups excluding carboxylic acids is 1. The van der Waals surface area contributed by atoms with Gasteiger partial charge in [-0.05, 0) is 35.9 Å². The fourth-order valence-corrected chi connectivity index (χ4v) is 3.57. The number of nitrogens with one attached hydrogen (secondary N) is 2. The average molecular weight is 425 g/mol. The lowest BCUT2D eigenvalue weighted by molar-refractivity contribution is -0.117. The minimum atomic E-state index is -0.543. The molecule has 7 heteroatoms. The van der Waals surface area contributed by atoms with Gasteiger partial charge in [-0.2, -0.15) is 5.10 Å². The van der Waals surface area contributed by atoms with Crippen molar-refractivity contribution in [2.45, 2.75) is 5.92 Å². The molecule has 0 spiro atoms. The van der Waals surface area contributed by atoms with E-state index in [9.17, 15) is 4.79 Å². The number of fused-ring (bicyclic) bond motifs is 1. The van der Waals surface area contributed by atoms with Crippen LogP contribution in [0.5, 0.6) is 0 Å². The molecule has 0 saturated carbocycles. The largest absolute Gasteiger partial charge is 0.329 e. The van der Waals surface area contributed by atoms with Gasteiger partial charge in [-0.3, -0.25) is 9.89 Å². The summed E-state index contributed by atoms with van der Waals surface area (Å²) in [5.41, 5.74) is 9.97. The van der Waals surface area contributed by atoms with Crippen LogP contribution in [0, 0.1) is 0 Å². The number of halogens is 2. The maximum absolute atomic E-state index is 12.9. The van der Waals surface area contributed by atoms with Gasteiger partial charge in [0.1, 0.15) is 0 Å². The molecule has 0 aliphatic heterocycles. The summed E-state index contributed by atoms with van der Waals surface area (Å²) in [6.07, 6.45) is 0. The Hall–Kier alpha value is -2.86. The number of H-pyrrole nitrogens is 1. The Morgan fingerprint density at radius 2 is 1.83 bits per heavy atom. The minimum absolute atomic E-state index is 0.146. The smallest absolute Gasteiger partial charge is 0.233 e. The second kappa shape index (κ2) is 8.25. The van der Waals surface area contributed by atoms with Crippen molar-refractivity contribution in [2.75, 3.05) is 11.9 Å². The Balaban J connectivity index is 1.62. The van der Waals surface area contributed by atoms with Crippen LogP contribution in [0.3, 0.4) is 0 Å². The maximum atomic E-state index is 12.9. The van der Waals surface area contributed by atoms with Crippen molar-refractivity contribution in [2.24, 2.45) is 5.73 Å². The van der Waals surface area contributed by atoms with Crippen LogP contribution in [0.2, 0.25) is 10.0 Å². The monoisotopic (exact) mass is 424 g/mol. The molecule has 4 N–H and O–H groups in total. The maximum Gasteiger partial charge on any atom is 0.233 e. The molecule has 0 aliphatic carbocycles. The van der Waals surface area contributed by atoms with E-state index in [4.69, 9.17) is 28.9 Å². The Labute approximate surface area is 177 Å². The first-order chi connectivity index (χ1) is 14.1. The lowest BCUT2D eigenvalue weighted by Crippen LogP contribution is -2.27. The number of benzene rings is 3. The van der Waals surface area contributed by atoms with Gasteiger partial charge in [0.2, 0.25) is 5.91 Å². The van der Waals surface area contributed by atoms with E-state index in [2.05, 4.69) is 15.5 Å². The summed E-state index contributed by atoms with van der Waals surface area (Å²) in [6, 6.07) is 20.6. The van der Waals surface area contributed by atoms with Crippen LogP contribution in [0.25, 0.3) is 22.2 Å². The number of hydrogen-bond acceptors (Lipinski definition) is 3. The second-order valence-corrected chi connectivity index (χ2v) is 7.46. The Kier molecular flexibility index (Phi) is 5.53. The van der Waals surface area contributed by atoms with E-state index >= 15 is 0 Å². The van der Waals surface area contributed by atoms with E-state index in [1.807, 2.05) is 48.5 Å². The fourth-order valence-electron chi connectivity index (χ4n) is 3.26. The molecule has 3 aromatic carbocycles. The highest BCUT2D eigenvalue weighted by Gasteiger charge is 2.20. The molecule has 0 fully saturated rings. The number of nitrogens with zero attached hydrogens (tertiary/aromatic N) is 1. The van der Waals surface area contributed by atoms with Crippen molar-refractivity contribution in [1.29, 1.82) is 0 Å². The number of aromatic nitrogens is 2. The summed E-state index contributed by atoms with van der Waals surface area (Å²) in [4.78, 5) is 12.9. The molecular formula is C22H18Cl2N4O. The van der Waals surface area contributed by atoms with E-state index in [-0.39, 0.29) is 12.5 Å². The molecular weight excluding hydrogens is 407 g/mol. The molecule has 0 radical (unpaired) electrons. The SMILES string of the molecule is NCC(C(=O)Nc1ccc2[nH]nc(-c3ccccc3)c2c1)c1ccc(Cl)c(Cl)c1. The highest BCUT2D eigenvalue weighted by Crippen LogP contribution is 2.30. The van der Waals surface area contributed by atoms with Crippen LogP contribution >= 0.6 is 23.2 Å². The average Bonchev–Trinajstić information content (AvgIpc) is 3.15. The first kappa shape index (κ1) is 19.5. The summed E-state index contributed by atoms with van der Waals surface area (Å²) in [5.74, 6) is -0.756. The van der Waals surface area contributed by atoms with Crippen molar-refractivity contribution in [3.8, 4) is 11.3 Å². The quantitative estimate of drug-likeness (QED) is 0.410. The molecule has 1 aromatic heterocycles. The predicted octanol–water partition coefficient (Wildman–Crippen LogP) is 5.22. The molecule has 1 atom stereocenters. The number of hydrogen-bond donors (Lipinski definition) is 3. The lowest BCUT2D eigenvalue weighted by atomic mass is 9.98. The second-order valence-electron chi connectivity index (χ2n) is 6.65. The third-order valence-electron chi connectivity index (χ3n) is 4.78. The number of anilines is 1. The normalized spacial score (nSPS) is 12.1. The molecule has 4 aromatic rings. The van der Waals surface area contributed by atoms with Gasteiger partial charge in [-0.15, -0.1) is 0 Å². The van der Waals surface area contributed by atoms with Crippen molar-refractivity contribution >= 4 is 45.7 Å². The van der Waals surface area contributed by atoms with E-state index < -0.39 is 5.92 Å². The Bertz CT molecular complexity index is 1170. The van der Waals surface area contributed by atoms with Crippen LogP contribution in [-0.2, 0) is 4.79 Å². The zero-order valence-corrected chi connectivity index (χ0v) is 16.8.